The summed E-state index contributed by atoms with van der Waals surface area (Å²) in [6.07, 6.45) is 0. The van der Waals surface area contributed by atoms with Crippen LogP contribution in [0.1, 0.15) is 16.7 Å². The molecule has 1 amide bonds. The predicted molar refractivity (Wildman–Crippen MR) is 97.6 cm³/mol. The van der Waals surface area contributed by atoms with Crippen LogP contribution in [0.25, 0.3) is 22.3 Å². The Labute approximate surface area is 140 Å². The molecule has 1 heterocycles. The SMILES string of the molecule is CN1C(=O)C(=C2c3ccccc3-c3ccccc32)c2ccccc21. The Morgan fingerprint density at radius 1 is 0.583 bits per heavy atom. The van der Waals surface area contributed by atoms with E-state index in [4.69, 9.17) is 0 Å². The second-order valence-corrected chi connectivity index (χ2v) is 6.22. The molecule has 0 saturated heterocycles. The molecule has 0 fully saturated rings. The van der Waals surface area contributed by atoms with Crippen molar-refractivity contribution in [3.05, 3.63) is 89.5 Å². The minimum Gasteiger partial charge on any atom is -0.311 e. The summed E-state index contributed by atoms with van der Waals surface area (Å²) in [5, 5.41) is 0. The lowest BCUT2D eigenvalue weighted by molar-refractivity contribution is -0.112. The summed E-state index contributed by atoms with van der Waals surface area (Å²) in [5.41, 5.74) is 8.57. The summed E-state index contributed by atoms with van der Waals surface area (Å²) >= 11 is 0. The average Bonchev–Trinajstić information content (AvgIpc) is 3.08. The second kappa shape index (κ2) is 4.68. The molecule has 24 heavy (non-hydrogen) atoms. The molecule has 0 radical (unpaired) electrons. The summed E-state index contributed by atoms with van der Waals surface area (Å²) in [6, 6.07) is 24.7. The van der Waals surface area contributed by atoms with E-state index in [2.05, 4.69) is 36.4 Å². The molecule has 3 aromatic rings. The fourth-order valence-electron chi connectivity index (χ4n) is 3.90. The number of carbonyl (C=O) groups is 1. The highest BCUT2D eigenvalue weighted by atomic mass is 16.2. The van der Waals surface area contributed by atoms with Gasteiger partial charge in [-0.1, -0.05) is 66.7 Å². The summed E-state index contributed by atoms with van der Waals surface area (Å²) in [6.45, 7) is 0. The number of carbonyl (C=O) groups excluding carboxylic acids is 1. The number of para-hydroxylation sites is 1. The number of fused-ring (bicyclic) bond motifs is 4. The monoisotopic (exact) mass is 309 g/mol. The van der Waals surface area contributed by atoms with E-state index in [-0.39, 0.29) is 5.91 Å². The van der Waals surface area contributed by atoms with Crippen molar-refractivity contribution in [2.45, 2.75) is 0 Å². The van der Waals surface area contributed by atoms with E-state index in [1.54, 1.807) is 4.90 Å². The summed E-state index contributed by atoms with van der Waals surface area (Å²) < 4.78 is 0. The highest BCUT2D eigenvalue weighted by Crippen LogP contribution is 2.50. The predicted octanol–water partition coefficient (Wildman–Crippen LogP) is 4.60. The largest absolute Gasteiger partial charge is 0.311 e. The third-order valence-electron chi connectivity index (χ3n) is 4.99. The van der Waals surface area contributed by atoms with Gasteiger partial charge in [0.05, 0.1) is 11.3 Å². The van der Waals surface area contributed by atoms with Gasteiger partial charge >= 0.3 is 0 Å². The molecule has 0 spiro atoms. The van der Waals surface area contributed by atoms with Crippen LogP contribution in [0.4, 0.5) is 5.69 Å². The molecule has 2 nitrogen and oxygen atoms in total. The van der Waals surface area contributed by atoms with Crippen molar-refractivity contribution in [2.24, 2.45) is 0 Å². The third-order valence-corrected chi connectivity index (χ3v) is 4.99. The van der Waals surface area contributed by atoms with Gasteiger partial charge in [-0.15, -0.1) is 0 Å². The lowest BCUT2D eigenvalue weighted by atomic mass is 9.94. The van der Waals surface area contributed by atoms with Crippen molar-refractivity contribution < 1.29 is 4.79 Å². The lowest BCUT2D eigenvalue weighted by Gasteiger charge is -2.09. The standard InChI is InChI=1S/C22H15NO/c1-23-19-13-7-6-12-18(19)21(22(23)24)20-16-10-4-2-8-14(16)15-9-3-5-11-17(15)20/h2-13H,1H3. The van der Waals surface area contributed by atoms with E-state index >= 15 is 0 Å². The van der Waals surface area contributed by atoms with Gasteiger partial charge in [0, 0.05) is 18.2 Å². The van der Waals surface area contributed by atoms with Crippen LogP contribution in [-0.2, 0) is 4.79 Å². The Morgan fingerprint density at radius 3 is 1.62 bits per heavy atom. The number of hydrogen-bond acceptors (Lipinski definition) is 1. The van der Waals surface area contributed by atoms with Crippen molar-refractivity contribution in [1.82, 2.24) is 0 Å². The summed E-state index contributed by atoms with van der Waals surface area (Å²) in [4.78, 5) is 14.8. The van der Waals surface area contributed by atoms with Crippen LogP contribution in [0.5, 0.6) is 0 Å². The number of anilines is 1. The molecule has 0 aromatic heterocycles. The van der Waals surface area contributed by atoms with Crippen molar-refractivity contribution in [1.29, 1.82) is 0 Å². The molecule has 114 valence electrons. The van der Waals surface area contributed by atoms with Crippen molar-refractivity contribution in [2.75, 3.05) is 11.9 Å². The normalized spacial score (nSPS) is 14.7. The van der Waals surface area contributed by atoms with Crippen LogP contribution < -0.4 is 4.90 Å². The quantitative estimate of drug-likeness (QED) is 0.435. The van der Waals surface area contributed by atoms with Gasteiger partial charge in [0.25, 0.3) is 5.91 Å². The number of hydrogen-bond donors (Lipinski definition) is 0. The first-order valence-electron chi connectivity index (χ1n) is 8.08. The summed E-state index contributed by atoms with van der Waals surface area (Å²) in [7, 11) is 1.85. The number of likely N-dealkylation sites (N-methyl/N-ethyl adjacent to an activating group) is 1. The minimum absolute atomic E-state index is 0.0673. The molecule has 0 N–H and O–H groups in total. The molecule has 2 aliphatic rings. The van der Waals surface area contributed by atoms with E-state index < -0.39 is 0 Å². The average molecular weight is 309 g/mol. The Hall–Kier alpha value is -3.13. The molecule has 0 atom stereocenters. The topological polar surface area (TPSA) is 20.3 Å². The van der Waals surface area contributed by atoms with Gasteiger partial charge in [-0.05, 0) is 28.3 Å². The first-order valence-corrected chi connectivity index (χ1v) is 8.08. The number of amides is 1. The minimum atomic E-state index is 0.0673. The molecular formula is C22H15NO. The molecule has 0 bridgehead atoms. The third kappa shape index (κ3) is 1.57. The highest BCUT2D eigenvalue weighted by molar-refractivity contribution is 6.40. The van der Waals surface area contributed by atoms with Crippen LogP contribution in [-0.4, -0.2) is 13.0 Å². The Bertz CT molecular complexity index is 998. The van der Waals surface area contributed by atoms with Gasteiger partial charge in [-0.2, -0.15) is 0 Å². The molecule has 0 unspecified atom stereocenters. The maximum Gasteiger partial charge on any atom is 0.259 e. The van der Waals surface area contributed by atoms with Gasteiger partial charge in [0.15, 0.2) is 0 Å². The number of nitrogens with zero attached hydrogens (tertiary/aromatic N) is 1. The van der Waals surface area contributed by atoms with Crippen molar-refractivity contribution in [3.8, 4) is 11.1 Å². The van der Waals surface area contributed by atoms with Gasteiger partial charge in [0.1, 0.15) is 0 Å². The van der Waals surface area contributed by atoms with E-state index in [1.807, 2.05) is 43.4 Å². The Morgan fingerprint density at radius 2 is 1.04 bits per heavy atom. The van der Waals surface area contributed by atoms with Crippen molar-refractivity contribution >= 4 is 22.7 Å². The fourth-order valence-corrected chi connectivity index (χ4v) is 3.90. The molecule has 1 aliphatic heterocycles. The van der Waals surface area contributed by atoms with Gasteiger partial charge < -0.3 is 4.90 Å². The van der Waals surface area contributed by atoms with Crippen LogP contribution in [0.15, 0.2) is 72.8 Å². The maximum atomic E-state index is 13.0. The smallest absolute Gasteiger partial charge is 0.259 e. The molecule has 2 heteroatoms. The second-order valence-electron chi connectivity index (χ2n) is 6.22. The maximum absolute atomic E-state index is 13.0. The Balaban J connectivity index is 1.93. The molecule has 1 aliphatic carbocycles. The molecule has 3 aromatic carbocycles. The highest BCUT2D eigenvalue weighted by Gasteiger charge is 2.35. The van der Waals surface area contributed by atoms with E-state index in [0.29, 0.717) is 0 Å². The zero-order chi connectivity index (χ0) is 16.3. The van der Waals surface area contributed by atoms with Crippen LogP contribution >= 0.6 is 0 Å². The summed E-state index contributed by atoms with van der Waals surface area (Å²) in [5.74, 6) is 0.0673. The van der Waals surface area contributed by atoms with Crippen LogP contribution in [0, 0.1) is 0 Å². The number of rotatable bonds is 0. The van der Waals surface area contributed by atoms with E-state index in [0.717, 1.165) is 33.5 Å². The van der Waals surface area contributed by atoms with Crippen LogP contribution in [0.2, 0.25) is 0 Å². The van der Waals surface area contributed by atoms with Gasteiger partial charge in [0.2, 0.25) is 0 Å². The van der Waals surface area contributed by atoms with Gasteiger partial charge in [-0.3, -0.25) is 4.79 Å². The zero-order valence-corrected chi connectivity index (χ0v) is 13.3. The van der Waals surface area contributed by atoms with E-state index in [9.17, 15) is 4.79 Å². The molecule has 5 rings (SSSR count). The van der Waals surface area contributed by atoms with Crippen molar-refractivity contribution in [3.63, 3.8) is 0 Å². The first kappa shape index (κ1) is 13.3. The number of benzene rings is 3. The van der Waals surface area contributed by atoms with E-state index in [1.165, 1.54) is 11.1 Å². The first-order chi connectivity index (χ1) is 11.8. The fraction of sp³-hybridized carbons (Fsp3) is 0.0455. The zero-order valence-electron chi connectivity index (χ0n) is 13.3. The lowest BCUT2D eigenvalue weighted by Crippen LogP contribution is -2.20. The van der Waals surface area contributed by atoms with Crippen LogP contribution in [0.3, 0.4) is 0 Å². The Kier molecular flexibility index (Phi) is 2.60. The van der Waals surface area contributed by atoms with Gasteiger partial charge in [-0.25, -0.2) is 0 Å². The molecule has 0 saturated carbocycles. The molecular weight excluding hydrogens is 294 g/mol.